The van der Waals surface area contributed by atoms with Gasteiger partial charge in [-0.2, -0.15) is 0 Å². The van der Waals surface area contributed by atoms with Gasteiger partial charge < -0.3 is 0 Å². The van der Waals surface area contributed by atoms with Crippen LogP contribution in [0.2, 0.25) is 4.51 Å². The molecule has 1 aliphatic carbocycles. The summed E-state index contributed by atoms with van der Waals surface area (Å²) >= 11 is -1.52. The fraction of sp³-hybridized carbons (Fsp3) is 0.500. The van der Waals surface area contributed by atoms with Gasteiger partial charge in [-0.15, -0.1) is 0 Å². The van der Waals surface area contributed by atoms with Crippen LogP contribution in [0.15, 0.2) is 24.3 Å². The van der Waals surface area contributed by atoms with E-state index in [9.17, 15) is 0 Å². The Labute approximate surface area is 81.2 Å². The van der Waals surface area contributed by atoms with Gasteiger partial charge in [-0.3, -0.25) is 0 Å². The van der Waals surface area contributed by atoms with Gasteiger partial charge in [0.25, 0.3) is 0 Å². The molecule has 0 saturated heterocycles. The topological polar surface area (TPSA) is 0 Å². The second-order valence-electron chi connectivity index (χ2n) is 2.45. The van der Waals surface area contributed by atoms with Crippen molar-refractivity contribution in [3.63, 3.8) is 0 Å². The van der Waals surface area contributed by atoms with Crippen molar-refractivity contribution in [2.45, 2.75) is 23.8 Å². The summed E-state index contributed by atoms with van der Waals surface area (Å²) in [5.74, 6) is 0. The maximum absolute atomic E-state index is 5.92. The third-order valence-corrected chi connectivity index (χ3v) is 5.76. The number of hydrogen-bond donors (Lipinski definition) is 0. The fourth-order valence-electron chi connectivity index (χ4n) is 1.01. The van der Waals surface area contributed by atoms with E-state index < -0.39 is 14.0 Å². The van der Waals surface area contributed by atoms with Crippen LogP contribution in [0.1, 0.15) is 19.3 Å². The average molecular weight is 279 g/mol. The molecule has 1 unspecified atom stereocenters. The van der Waals surface area contributed by atoms with E-state index in [1.165, 1.54) is 6.42 Å². The summed E-state index contributed by atoms with van der Waals surface area (Å²) in [6.07, 6.45) is 12.0. The molecular formula is C8H11Cl2Ru. The Bertz CT molecular complexity index is 163. The van der Waals surface area contributed by atoms with Crippen molar-refractivity contribution >= 4 is 19.4 Å². The van der Waals surface area contributed by atoms with Crippen LogP contribution in [-0.4, -0.2) is 0 Å². The molecule has 0 nitrogen and oxygen atoms in total. The Balaban J connectivity index is 2.51. The van der Waals surface area contributed by atoms with Crippen molar-refractivity contribution in [2.75, 3.05) is 0 Å². The normalized spacial score (nSPS) is 31.8. The zero-order valence-electron chi connectivity index (χ0n) is 6.12. The van der Waals surface area contributed by atoms with E-state index in [1.54, 1.807) is 0 Å². The monoisotopic (exact) mass is 279 g/mol. The van der Waals surface area contributed by atoms with Crippen LogP contribution >= 0.6 is 19.4 Å². The first-order chi connectivity index (χ1) is 5.30. The van der Waals surface area contributed by atoms with Gasteiger partial charge >= 0.3 is 81.4 Å². The van der Waals surface area contributed by atoms with Crippen LogP contribution in [0.5, 0.6) is 0 Å². The van der Waals surface area contributed by atoms with E-state index in [-0.39, 0.29) is 0 Å². The minimum absolute atomic E-state index is 0.480. The van der Waals surface area contributed by atoms with Crippen molar-refractivity contribution in [3.05, 3.63) is 24.3 Å². The summed E-state index contributed by atoms with van der Waals surface area (Å²) in [6.45, 7) is 0. The van der Waals surface area contributed by atoms with Gasteiger partial charge in [0.1, 0.15) is 0 Å². The third kappa shape index (κ3) is 3.74. The summed E-state index contributed by atoms with van der Waals surface area (Å²) in [5, 5.41) is 0. The maximum atomic E-state index is 5.92. The van der Waals surface area contributed by atoms with Crippen LogP contribution < -0.4 is 0 Å². The molecule has 0 aliphatic heterocycles. The summed E-state index contributed by atoms with van der Waals surface area (Å²) < 4.78 is 0.480. The second kappa shape index (κ2) is 5.35. The Morgan fingerprint density at radius 2 is 2.09 bits per heavy atom. The SMILES string of the molecule is [Cl][Ru]([Cl])[CH]1/C=C\C=C/CCC1. The van der Waals surface area contributed by atoms with Crippen LogP contribution in [-0.2, 0) is 14.0 Å². The van der Waals surface area contributed by atoms with Gasteiger partial charge in [0.05, 0.1) is 0 Å². The average Bonchev–Trinajstić information content (AvgIpc) is 1.84. The molecule has 0 radical (unpaired) electrons. The Kier molecular flexibility index (Phi) is 4.75. The molecule has 0 spiro atoms. The number of allylic oxidation sites excluding steroid dienone is 4. The molecule has 65 valence electrons. The standard InChI is InChI=1S/C8H11.2ClH.Ru/c1-2-4-6-8-7-5-3-1;;;/h1-5H,6-8H2;2*1H;/q;;;+2/p-2/b2-1-,5-3-;;;. The Morgan fingerprint density at radius 3 is 2.82 bits per heavy atom. The van der Waals surface area contributed by atoms with E-state index in [2.05, 4.69) is 24.3 Å². The molecule has 0 aromatic carbocycles. The minimum atomic E-state index is -1.52. The zero-order chi connectivity index (χ0) is 8.10. The van der Waals surface area contributed by atoms with E-state index in [0.29, 0.717) is 4.51 Å². The van der Waals surface area contributed by atoms with Crippen molar-refractivity contribution in [1.82, 2.24) is 0 Å². The van der Waals surface area contributed by atoms with Gasteiger partial charge in [-0.05, 0) is 0 Å². The van der Waals surface area contributed by atoms with Gasteiger partial charge in [-0.25, -0.2) is 0 Å². The fourth-order valence-corrected chi connectivity index (χ4v) is 3.71. The van der Waals surface area contributed by atoms with E-state index in [4.69, 9.17) is 19.4 Å². The van der Waals surface area contributed by atoms with Crippen molar-refractivity contribution in [2.24, 2.45) is 0 Å². The van der Waals surface area contributed by atoms with Crippen LogP contribution in [0, 0.1) is 0 Å². The van der Waals surface area contributed by atoms with Gasteiger partial charge in [0.15, 0.2) is 0 Å². The molecule has 0 amide bonds. The van der Waals surface area contributed by atoms with Crippen LogP contribution in [0.4, 0.5) is 0 Å². The van der Waals surface area contributed by atoms with Crippen molar-refractivity contribution in [1.29, 1.82) is 0 Å². The van der Waals surface area contributed by atoms with Gasteiger partial charge in [0, 0.05) is 0 Å². The molecule has 0 heterocycles. The molecule has 0 aromatic heterocycles. The first kappa shape index (κ1) is 9.77. The summed E-state index contributed by atoms with van der Waals surface area (Å²) in [7, 11) is 11.8. The number of halogens is 2. The predicted octanol–water partition coefficient (Wildman–Crippen LogP) is 4.00. The molecule has 1 atom stereocenters. The van der Waals surface area contributed by atoms with E-state index in [1.807, 2.05) is 0 Å². The summed E-state index contributed by atoms with van der Waals surface area (Å²) in [6, 6.07) is 0. The molecule has 0 saturated carbocycles. The molecule has 0 N–H and O–H groups in total. The predicted molar refractivity (Wildman–Crippen MR) is 47.6 cm³/mol. The number of hydrogen-bond acceptors (Lipinski definition) is 0. The molecule has 0 bridgehead atoms. The molecule has 1 aliphatic rings. The number of rotatable bonds is 1. The summed E-state index contributed by atoms with van der Waals surface area (Å²) in [5.41, 5.74) is 0. The quantitative estimate of drug-likeness (QED) is 0.636. The summed E-state index contributed by atoms with van der Waals surface area (Å²) in [4.78, 5) is 0. The van der Waals surface area contributed by atoms with E-state index in [0.717, 1.165) is 12.8 Å². The Hall–Kier alpha value is 0.683. The first-order valence-electron chi connectivity index (χ1n) is 3.62. The third-order valence-electron chi connectivity index (χ3n) is 1.60. The molecule has 11 heavy (non-hydrogen) atoms. The van der Waals surface area contributed by atoms with Crippen LogP contribution in [0.3, 0.4) is 0 Å². The first-order valence-corrected chi connectivity index (χ1v) is 9.10. The molecule has 0 aromatic rings. The zero-order valence-corrected chi connectivity index (χ0v) is 9.37. The van der Waals surface area contributed by atoms with Gasteiger partial charge in [0.2, 0.25) is 0 Å². The molecule has 3 heteroatoms. The molecular weight excluding hydrogens is 268 g/mol. The van der Waals surface area contributed by atoms with E-state index >= 15 is 0 Å². The Morgan fingerprint density at radius 1 is 1.27 bits per heavy atom. The molecule has 1 rings (SSSR count). The molecule has 0 fully saturated rings. The van der Waals surface area contributed by atoms with Crippen molar-refractivity contribution < 1.29 is 14.0 Å². The van der Waals surface area contributed by atoms with Crippen molar-refractivity contribution in [3.8, 4) is 0 Å². The second-order valence-corrected chi connectivity index (χ2v) is 8.96. The van der Waals surface area contributed by atoms with Crippen LogP contribution in [0.25, 0.3) is 0 Å². The van der Waals surface area contributed by atoms with Gasteiger partial charge in [-0.1, -0.05) is 0 Å².